The van der Waals surface area contributed by atoms with Gasteiger partial charge < -0.3 is 15.4 Å². The number of thiophene rings is 1. The lowest BCUT2D eigenvalue weighted by molar-refractivity contribution is 0.0512. The second kappa shape index (κ2) is 8.32. The number of piperidine rings is 1. The van der Waals surface area contributed by atoms with E-state index in [9.17, 15) is 4.79 Å². The molecule has 25 heavy (non-hydrogen) atoms. The van der Waals surface area contributed by atoms with Crippen LogP contribution in [-0.4, -0.2) is 39.3 Å². The molecule has 6 heteroatoms. The summed E-state index contributed by atoms with van der Waals surface area (Å²) < 4.78 is 5.41. The fraction of sp³-hybridized carbons (Fsp3) is 0.421. The van der Waals surface area contributed by atoms with Gasteiger partial charge in [-0.1, -0.05) is 23.7 Å². The zero-order valence-corrected chi connectivity index (χ0v) is 15.9. The topological polar surface area (TPSA) is 50.4 Å². The molecule has 1 aromatic carbocycles. The minimum Gasteiger partial charge on any atom is -0.384 e. The third-order valence-corrected chi connectivity index (χ3v) is 6.08. The first kappa shape index (κ1) is 18.4. The maximum Gasteiger partial charge on any atom is 0.261 e. The van der Waals surface area contributed by atoms with Crippen LogP contribution in [0.2, 0.25) is 5.02 Å². The van der Waals surface area contributed by atoms with Crippen molar-refractivity contribution in [3.63, 3.8) is 0 Å². The standard InChI is InChI=1S/C19H23ClN2O2S/c1-24-13-19(8-10-21-11-9-19)12-22-18(23)17-7-6-16(25-17)14-2-4-15(20)5-3-14/h2-7,21H,8-13H2,1H3,(H,22,23). The van der Waals surface area contributed by atoms with E-state index in [0.717, 1.165) is 41.2 Å². The van der Waals surface area contributed by atoms with Gasteiger partial charge in [0.15, 0.2) is 0 Å². The Hall–Kier alpha value is -1.40. The quantitative estimate of drug-likeness (QED) is 0.803. The van der Waals surface area contributed by atoms with Crippen LogP contribution in [0.3, 0.4) is 0 Å². The summed E-state index contributed by atoms with van der Waals surface area (Å²) in [6.07, 6.45) is 2.03. The summed E-state index contributed by atoms with van der Waals surface area (Å²) in [7, 11) is 1.73. The summed E-state index contributed by atoms with van der Waals surface area (Å²) >= 11 is 7.43. The van der Waals surface area contributed by atoms with Gasteiger partial charge in [-0.3, -0.25) is 4.79 Å². The molecule has 4 nitrogen and oxygen atoms in total. The van der Waals surface area contributed by atoms with E-state index in [1.54, 1.807) is 7.11 Å². The molecule has 1 fully saturated rings. The smallest absolute Gasteiger partial charge is 0.261 e. The molecule has 0 unspecified atom stereocenters. The summed E-state index contributed by atoms with van der Waals surface area (Å²) in [6.45, 7) is 3.27. The number of ether oxygens (including phenoxy) is 1. The van der Waals surface area contributed by atoms with E-state index in [-0.39, 0.29) is 11.3 Å². The Morgan fingerprint density at radius 1 is 1.24 bits per heavy atom. The maximum atomic E-state index is 12.6. The molecule has 2 heterocycles. The van der Waals surface area contributed by atoms with Gasteiger partial charge in [-0.15, -0.1) is 11.3 Å². The van der Waals surface area contributed by atoms with Gasteiger partial charge in [-0.25, -0.2) is 0 Å². The van der Waals surface area contributed by atoms with E-state index >= 15 is 0 Å². The van der Waals surface area contributed by atoms with E-state index in [2.05, 4.69) is 10.6 Å². The van der Waals surface area contributed by atoms with E-state index in [0.29, 0.717) is 18.2 Å². The van der Waals surface area contributed by atoms with Crippen LogP contribution >= 0.6 is 22.9 Å². The van der Waals surface area contributed by atoms with E-state index in [1.807, 2.05) is 36.4 Å². The molecule has 2 N–H and O–H groups in total. The Morgan fingerprint density at radius 3 is 2.64 bits per heavy atom. The molecule has 2 aromatic rings. The Morgan fingerprint density at radius 2 is 1.96 bits per heavy atom. The number of hydrogen-bond donors (Lipinski definition) is 2. The number of carbonyl (C=O) groups excluding carboxylic acids is 1. The lowest BCUT2D eigenvalue weighted by Gasteiger charge is -2.37. The number of nitrogens with one attached hydrogen (secondary N) is 2. The van der Waals surface area contributed by atoms with Crippen LogP contribution in [0.25, 0.3) is 10.4 Å². The third kappa shape index (κ3) is 4.61. The monoisotopic (exact) mass is 378 g/mol. The van der Waals surface area contributed by atoms with Crippen LogP contribution in [0.15, 0.2) is 36.4 Å². The zero-order chi connectivity index (χ0) is 17.7. The zero-order valence-electron chi connectivity index (χ0n) is 14.3. The summed E-state index contributed by atoms with van der Waals surface area (Å²) in [6, 6.07) is 11.5. The number of rotatable bonds is 6. The van der Waals surface area contributed by atoms with Gasteiger partial charge in [0.1, 0.15) is 0 Å². The highest BCUT2D eigenvalue weighted by Gasteiger charge is 2.32. The first-order valence-corrected chi connectivity index (χ1v) is 9.65. The SMILES string of the molecule is COCC1(CNC(=O)c2ccc(-c3ccc(Cl)cc3)s2)CCNCC1. The van der Waals surface area contributed by atoms with Crippen LogP contribution in [0.4, 0.5) is 0 Å². The Balaban J connectivity index is 1.64. The number of halogens is 1. The normalized spacial score (nSPS) is 16.6. The Labute approximate surface area is 157 Å². The molecule has 0 spiro atoms. The third-order valence-electron chi connectivity index (χ3n) is 4.70. The number of carbonyl (C=O) groups is 1. The second-order valence-electron chi connectivity index (χ2n) is 6.54. The lowest BCUT2D eigenvalue weighted by atomic mass is 9.79. The van der Waals surface area contributed by atoms with Crippen LogP contribution < -0.4 is 10.6 Å². The molecule has 0 radical (unpaired) electrons. The highest BCUT2D eigenvalue weighted by Crippen LogP contribution is 2.30. The molecule has 1 aromatic heterocycles. The minimum absolute atomic E-state index is 0.0146. The number of methoxy groups -OCH3 is 1. The van der Waals surface area contributed by atoms with E-state index < -0.39 is 0 Å². The summed E-state index contributed by atoms with van der Waals surface area (Å²) in [5.74, 6) is -0.0146. The highest BCUT2D eigenvalue weighted by atomic mass is 35.5. The van der Waals surface area contributed by atoms with Gasteiger partial charge in [0.05, 0.1) is 11.5 Å². The van der Waals surface area contributed by atoms with Crippen molar-refractivity contribution in [2.75, 3.05) is 33.4 Å². The predicted molar refractivity (Wildman–Crippen MR) is 104 cm³/mol. The van der Waals surface area contributed by atoms with Gasteiger partial charge >= 0.3 is 0 Å². The van der Waals surface area contributed by atoms with Gasteiger partial charge in [-0.05, 0) is 55.8 Å². The van der Waals surface area contributed by atoms with Gasteiger partial charge in [0.25, 0.3) is 5.91 Å². The molecule has 3 rings (SSSR count). The molecule has 1 amide bonds. The fourth-order valence-corrected chi connectivity index (χ4v) is 4.27. The molecular weight excluding hydrogens is 356 g/mol. The first-order valence-electron chi connectivity index (χ1n) is 8.46. The number of hydrogen-bond acceptors (Lipinski definition) is 4. The average Bonchev–Trinajstić information content (AvgIpc) is 3.12. The fourth-order valence-electron chi connectivity index (χ4n) is 3.22. The van der Waals surface area contributed by atoms with Crippen molar-refractivity contribution in [3.05, 3.63) is 46.3 Å². The summed E-state index contributed by atoms with van der Waals surface area (Å²) in [5, 5.41) is 7.19. The second-order valence-corrected chi connectivity index (χ2v) is 8.06. The van der Waals surface area contributed by atoms with Crippen LogP contribution in [0.5, 0.6) is 0 Å². The van der Waals surface area contributed by atoms with Gasteiger partial charge in [0.2, 0.25) is 0 Å². The summed E-state index contributed by atoms with van der Waals surface area (Å²) in [5.41, 5.74) is 1.11. The molecule has 0 aliphatic carbocycles. The first-order chi connectivity index (χ1) is 12.1. The molecule has 1 aliphatic heterocycles. The predicted octanol–water partition coefficient (Wildman–Crippen LogP) is 3.81. The molecule has 1 saturated heterocycles. The van der Waals surface area contributed by atoms with Crippen LogP contribution in [-0.2, 0) is 4.74 Å². The number of benzene rings is 1. The number of amides is 1. The molecule has 0 saturated carbocycles. The van der Waals surface area contributed by atoms with Crippen molar-refractivity contribution in [3.8, 4) is 10.4 Å². The lowest BCUT2D eigenvalue weighted by Crippen LogP contribution is -2.47. The molecule has 1 aliphatic rings. The van der Waals surface area contributed by atoms with Gasteiger partial charge in [0, 0.05) is 29.0 Å². The summed E-state index contributed by atoms with van der Waals surface area (Å²) in [4.78, 5) is 14.3. The van der Waals surface area contributed by atoms with Crippen molar-refractivity contribution in [2.45, 2.75) is 12.8 Å². The van der Waals surface area contributed by atoms with Crippen molar-refractivity contribution in [1.82, 2.24) is 10.6 Å². The Bertz CT molecular complexity index is 703. The van der Waals surface area contributed by atoms with Crippen molar-refractivity contribution in [2.24, 2.45) is 5.41 Å². The van der Waals surface area contributed by atoms with E-state index in [4.69, 9.17) is 16.3 Å². The van der Waals surface area contributed by atoms with Crippen molar-refractivity contribution >= 4 is 28.8 Å². The average molecular weight is 379 g/mol. The minimum atomic E-state index is -0.0146. The largest absolute Gasteiger partial charge is 0.384 e. The molecule has 0 atom stereocenters. The Kier molecular flexibility index (Phi) is 6.12. The van der Waals surface area contributed by atoms with Gasteiger partial charge in [-0.2, -0.15) is 0 Å². The van der Waals surface area contributed by atoms with Crippen molar-refractivity contribution in [1.29, 1.82) is 0 Å². The maximum absolute atomic E-state index is 12.6. The molecular formula is C19H23ClN2O2S. The van der Waals surface area contributed by atoms with Crippen LogP contribution in [0, 0.1) is 5.41 Å². The molecule has 0 bridgehead atoms. The van der Waals surface area contributed by atoms with E-state index in [1.165, 1.54) is 11.3 Å². The van der Waals surface area contributed by atoms with Crippen molar-refractivity contribution < 1.29 is 9.53 Å². The molecule has 134 valence electrons. The highest BCUT2D eigenvalue weighted by molar-refractivity contribution is 7.17. The van der Waals surface area contributed by atoms with Crippen LogP contribution in [0.1, 0.15) is 22.5 Å².